The van der Waals surface area contributed by atoms with Crippen LogP contribution in [0, 0.1) is 30.3 Å². The summed E-state index contributed by atoms with van der Waals surface area (Å²) in [6, 6.07) is 1.75. The van der Waals surface area contributed by atoms with Crippen LogP contribution in [0.15, 0.2) is 29.8 Å². The third kappa shape index (κ3) is 2.54. The van der Waals surface area contributed by atoms with E-state index in [0.717, 1.165) is 30.0 Å². The molecule has 0 saturated carbocycles. The number of benzene rings is 1. The van der Waals surface area contributed by atoms with Gasteiger partial charge in [-0.15, -0.1) is 0 Å². The Balaban J connectivity index is 2.95. The fourth-order valence-corrected chi connectivity index (χ4v) is 2.22. The number of allylic oxidation sites excluding steroid dienone is 3. The highest BCUT2D eigenvalue weighted by Gasteiger charge is 2.34. The Bertz CT molecular complexity index is 812. The van der Waals surface area contributed by atoms with Crippen LogP contribution in [0.2, 0.25) is 0 Å². The summed E-state index contributed by atoms with van der Waals surface area (Å²) in [5.74, 6) is -0.453. The predicted octanol–water partition coefficient (Wildman–Crippen LogP) is 2.36. The molecule has 0 aliphatic carbocycles. The number of nitro benzene ring substituents is 2. The number of anilines is 1. The van der Waals surface area contributed by atoms with Gasteiger partial charge in [0.1, 0.15) is 5.69 Å². The lowest BCUT2D eigenvalue weighted by molar-refractivity contribution is -0.423. The van der Waals surface area contributed by atoms with E-state index in [9.17, 15) is 35.4 Å². The molecule has 0 bridgehead atoms. The number of rotatable bonds is 3. The first-order valence-corrected chi connectivity index (χ1v) is 6.12. The Hall–Kier alpha value is -3.50. The lowest BCUT2D eigenvalue weighted by Gasteiger charge is -2.25. The van der Waals surface area contributed by atoms with Crippen molar-refractivity contribution in [3.63, 3.8) is 0 Å². The Kier molecular flexibility index (Phi) is 3.70. The molecule has 1 aliphatic heterocycles. The van der Waals surface area contributed by atoms with E-state index in [2.05, 4.69) is 0 Å². The topological polar surface area (TPSA) is 153 Å². The van der Waals surface area contributed by atoms with Gasteiger partial charge in [0.05, 0.1) is 26.4 Å². The SMILES string of the molecule is CC(=C1C=C(O)N(C)c2c1cc([N+](=O)[O-])cc2[N+](=O)[O-])[N+](=O)[O-]. The van der Waals surface area contributed by atoms with Gasteiger partial charge in [0, 0.05) is 31.7 Å². The number of fused-ring (bicyclic) bond motifs is 1. The van der Waals surface area contributed by atoms with Crippen LogP contribution in [-0.2, 0) is 0 Å². The Morgan fingerprint density at radius 1 is 1.13 bits per heavy atom. The van der Waals surface area contributed by atoms with E-state index >= 15 is 0 Å². The second-order valence-corrected chi connectivity index (χ2v) is 4.69. The summed E-state index contributed by atoms with van der Waals surface area (Å²) in [6.45, 7) is 1.14. The predicted molar refractivity (Wildman–Crippen MR) is 78.5 cm³/mol. The van der Waals surface area contributed by atoms with Crippen molar-refractivity contribution in [2.45, 2.75) is 6.92 Å². The van der Waals surface area contributed by atoms with Gasteiger partial charge in [-0.2, -0.15) is 0 Å². The summed E-state index contributed by atoms with van der Waals surface area (Å²) in [6.07, 6.45) is 1.04. The van der Waals surface area contributed by atoms with E-state index in [4.69, 9.17) is 0 Å². The first kappa shape index (κ1) is 15.9. The number of non-ortho nitro benzene ring substituents is 1. The third-order valence-electron chi connectivity index (χ3n) is 3.39. The zero-order valence-corrected chi connectivity index (χ0v) is 11.9. The molecule has 0 spiro atoms. The maximum absolute atomic E-state index is 11.2. The molecule has 1 aromatic rings. The second-order valence-electron chi connectivity index (χ2n) is 4.69. The van der Waals surface area contributed by atoms with Crippen molar-refractivity contribution in [1.82, 2.24) is 0 Å². The lowest BCUT2D eigenvalue weighted by Crippen LogP contribution is -2.23. The molecule has 0 saturated heterocycles. The molecule has 0 aromatic heterocycles. The maximum Gasteiger partial charge on any atom is 0.300 e. The van der Waals surface area contributed by atoms with Gasteiger partial charge in [-0.25, -0.2) is 0 Å². The van der Waals surface area contributed by atoms with Gasteiger partial charge in [0.15, 0.2) is 5.88 Å². The molecule has 0 amide bonds. The number of nitro groups is 3. The van der Waals surface area contributed by atoms with Crippen molar-refractivity contribution in [3.05, 3.63) is 65.7 Å². The summed E-state index contributed by atoms with van der Waals surface area (Å²) in [5, 5.41) is 43.1. The van der Waals surface area contributed by atoms with Crippen LogP contribution in [0.25, 0.3) is 5.57 Å². The number of hydrogen-bond donors (Lipinski definition) is 1. The van der Waals surface area contributed by atoms with Gasteiger partial charge in [-0.1, -0.05) is 0 Å². The molecule has 11 heteroatoms. The maximum atomic E-state index is 11.2. The molecule has 0 radical (unpaired) electrons. The van der Waals surface area contributed by atoms with Crippen LogP contribution in [0.3, 0.4) is 0 Å². The zero-order valence-electron chi connectivity index (χ0n) is 11.9. The normalized spacial score (nSPS) is 15.6. The van der Waals surface area contributed by atoms with Crippen molar-refractivity contribution >= 4 is 22.6 Å². The number of aliphatic hydroxyl groups excluding tert-OH is 1. The van der Waals surface area contributed by atoms with Crippen LogP contribution in [0.5, 0.6) is 0 Å². The van der Waals surface area contributed by atoms with Crippen molar-refractivity contribution in [2.24, 2.45) is 0 Å². The minimum atomic E-state index is -0.847. The minimum Gasteiger partial charge on any atom is -0.494 e. The molecular formula is C12H10N4O7. The summed E-state index contributed by atoms with van der Waals surface area (Å²) >= 11 is 0. The average molecular weight is 322 g/mol. The Morgan fingerprint density at radius 2 is 1.74 bits per heavy atom. The molecule has 120 valence electrons. The molecular weight excluding hydrogens is 312 g/mol. The first-order valence-electron chi connectivity index (χ1n) is 6.12. The summed E-state index contributed by atoms with van der Waals surface area (Å²) in [5.41, 5.74) is -1.97. The van der Waals surface area contributed by atoms with E-state index in [1.165, 1.54) is 7.05 Å². The first-order chi connectivity index (χ1) is 10.6. The minimum absolute atomic E-state index is 0.0691. The molecule has 2 rings (SSSR count). The van der Waals surface area contributed by atoms with Gasteiger partial charge in [0.2, 0.25) is 0 Å². The van der Waals surface area contributed by atoms with Crippen LogP contribution >= 0.6 is 0 Å². The van der Waals surface area contributed by atoms with E-state index in [1.807, 2.05) is 0 Å². The quantitative estimate of drug-likeness (QED) is 0.657. The van der Waals surface area contributed by atoms with Gasteiger partial charge < -0.3 is 10.0 Å². The van der Waals surface area contributed by atoms with Gasteiger partial charge in [-0.05, 0) is 0 Å². The van der Waals surface area contributed by atoms with Crippen molar-refractivity contribution < 1.29 is 19.9 Å². The van der Waals surface area contributed by atoms with Gasteiger partial charge >= 0.3 is 0 Å². The average Bonchev–Trinajstić information content (AvgIpc) is 2.48. The molecule has 1 heterocycles. The largest absolute Gasteiger partial charge is 0.494 e. The summed E-state index contributed by atoms with van der Waals surface area (Å²) in [7, 11) is 1.31. The smallest absolute Gasteiger partial charge is 0.300 e. The standard InChI is InChI=1S/C12H10N4O7/c1-6(14(18)19)8-5-11(17)13(2)12-9(8)3-7(15(20)21)4-10(12)16(22)23/h3-5,17H,1-2H3. The van der Waals surface area contributed by atoms with Crippen LogP contribution in [-0.4, -0.2) is 26.9 Å². The lowest BCUT2D eigenvalue weighted by atomic mass is 9.96. The molecule has 0 unspecified atom stereocenters. The zero-order chi connectivity index (χ0) is 17.5. The van der Waals surface area contributed by atoms with Crippen LogP contribution in [0.4, 0.5) is 17.1 Å². The van der Waals surface area contributed by atoms with Crippen molar-refractivity contribution in [3.8, 4) is 0 Å². The summed E-state index contributed by atoms with van der Waals surface area (Å²) < 4.78 is 0. The molecule has 0 atom stereocenters. The van der Waals surface area contributed by atoms with Gasteiger partial charge in [-0.3, -0.25) is 30.3 Å². The number of nitrogens with zero attached hydrogens (tertiary/aromatic N) is 4. The van der Waals surface area contributed by atoms with E-state index in [-0.39, 0.29) is 16.8 Å². The second kappa shape index (κ2) is 5.36. The number of aliphatic hydroxyl groups is 1. The van der Waals surface area contributed by atoms with Crippen molar-refractivity contribution in [2.75, 3.05) is 11.9 Å². The molecule has 23 heavy (non-hydrogen) atoms. The van der Waals surface area contributed by atoms with E-state index in [0.29, 0.717) is 0 Å². The van der Waals surface area contributed by atoms with E-state index in [1.54, 1.807) is 0 Å². The highest BCUT2D eigenvalue weighted by Crippen LogP contribution is 2.44. The summed E-state index contributed by atoms with van der Waals surface area (Å²) in [4.78, 5) is 31.8. The fourth-order valence-electron chi connectivity index (χ4n) is 2.22. The van der Waals surface area contributed by atoms with Crippen LogP contribution < -0.4 is 4.90 Å². The van der Waals surface area contributed by atoms with Gasteiger partial charge in [0.25, 0.3) is 17.1 Å². The fraction of sp³-hybridized carbons (Fsp3) is 0.167. The molecule has 0 fully saturated rings. The van der Waals surface area contributed by atoms with Crippen LogP contribution in [0.1, 0.15) is 12.5 Å². The van der Waals surface area contributed by atoms with Crippen molar-refractivity contribution in [1.29, 1.82) is 0 Å². The molecule has 1 aromatic carbocycles. The Labute approximate surface area is 128 Å². The Morgan fingerprint density at radius 3 is 2.22 bits per heavy atom. The molecule has 1 aliphatic rings. The highest BCUT2D eigenvalue weighted by molar-refractivity contribution is 5.92. The monoisotopic (exact) mass is 322 g/mol. The van der Waals surface area contributed by atoms with E-state index < -0.39 is 37.7 Å². The molecule has 1 N–H and O–H groups in total. The highest BCUT2D eigenvalue weighted by atomic mass is 16.6. The number of hydrogen-bond acceptors (Lipinski definition) is 8. The third-order valence-corrected chi connectivity index (χ3v) is 3.39. The molecule has 11 nitrogen and oxygen atoms in total.